The van der Waals surface area contributed by atoms with Crippen LogP contribution in [-0.2, 0) is 17.5 Å². The number of pyridine rings is 1. The third-order valence-electron chi connectivity index (χ3n) is 5.82. The van der Waals surface area contributed by atoms with Gasteiger partial charge in [-0.1, -0.05) is 12.1 Å². The van der Waals surface area contributed by atoms with Crippen molar-refractivity contribution >= 4 is 23.1 Å². The Hall–Kier alpha value is -3.82. The minimum atomic E-state index is -4.49. The molecule has 1 aliphatic carbocycles. The van der Waals surface area contributed by atoms with Gasteiger partial charge in [0.25, 0.3) is 0 Å². The highest BCUT2D eigenvalue weighted by Gasteiger charge is 2.51. The number of alkyl halides is 3. The summed E-state index contributed by atoms with van der Waals surface area (Å²) in [7, 11) is 0. The Kier molecular flexibility index (Phi) is 6.32. The second-order valence-electron chi connectivity index (χ2n) is 8.35. The average molecular weight is 469 g/mol. The Morgan fingerprint density at radius 3 is 2.41 bits per heavy atom. The van der Waals surface area contributed by atoms with Crippen molar-refractivity contribution in [3.63, 3.8) is 0 Å². The fourth-order valence-electron chi connectivity index (χ4n) is 3.66. The molecule has 2 aromatic heterocycles. The molecule has 0 saturated heterocycles. The molecule has 1 fully saturated rings. The number of para-hydroxylation sites is 1. The second kappa shape index (κ2) is 9.20. The van der Waals surface area contributed by atoms with Gasteiger partial charge in [-0.25, -0.2) is 9.97 Å². The first kappa shape index (κ1) is 23.3. The molecule has 2 heterocycles. The van der Waals surface area contributed by atoms with Crippen LogP contribution in [0.5, 0.6) is 0 Å². The Morgan fingerprint density at radius 1 is 1.06 bits per heavy atom. The number of Topliss-reactive ketones (excluding diaryl/α,β-unsaturated/α-hetero) is 1. The largest absolute Gasteiger partial charge is 0.418 e. The first-order valence-electron chi connectivity index (χ1n) is 10.6. The van der Waals surface area contributed by atoms with E-state index in [4.69, 9.17) is 0 Å². The maximum atomic E-state index is 13.3. The summed E-state index contributed by atoms with van der Waals surface area (Å²) < 4.78 is 40.0. The Labute approximate surface area is 193 Å². The molecule has 0 spiro atoms. The Bertz CT molecular complexity index is 1190. The molecule has 0 radical (unpaired) electrons. The lowest BCUT2D eigenvalue weighted by Gasteiger charge is -2.17. The summed E-state index contributed by atoms with van der Waals surface area (Å²) in [6.07, 6.45) is 2.44. The fraction of sp³-hybridized carbons (Fsp3) is 0.292. The molecule has 2 N–H and O–H groups in total. The number of anilines is 2. The lowest BCUT2D eigenvalue weighted by atomic mass is 9.96. The number of ketones is 1. The number of benzene rings is 1. The third kappa shape index (κ3) is 5.22. The van der Waals surface area contributed by atoms with Gasteiger partial charge in [-0.05, 0) is 43.5 Å². The van der Waals surface area contributed by atoms with Crippen LogP contribution in [0.2, 0.25) is 0 Å². The molecule has 0 aliphatic heterocycles. The quantitative estimate of drug-likeness (QED) is 0.468. The minimum Gasteiger partial charge on any atom is -0.354 e. The monoisotopic (exact) mass is 469 g/mol. The Balaban J connectivity index is 1.36. The SMILES string of the molecule is Cc1cccc(C(F)(F)F)c1Nc1ccc(CNC(=O)C2(CC(=O)c3cncnc3)CC2)nc1. The number of carbonyl (C=O) groups excluding carboxylic acids is 2. The molecule has 7 nitrogen and oxygen atoms in total. The number of hydrogen-bond donors (Lipinski definition) is 2. The number of carbonyl (C=O) groups is 2. The molecule has 176 valence electrons. The summed E-state index contributed by atoms with van der Waals surface area (Å²) in [6.45, 7) is 1.74. The number of halogens is 3. The van der Waals surface area contributed by atoms with Crippen LogP contribution in [0.3, 0.4) is 0 Å². The second-order valence-corrected chi connectivity index (χ2v) is 8.35. The predicted molar refractivity (Wildman–Crippen MR) is 118 cm³/mol. The van der Waals surface area contributed by atoms with E-state index >= 15 is 0 Å². The van der Waals surface area contributed by atoms with Crippen molar-refractivity contribution < 1.29 is 22.8 Å². The zero-order valence-electron chi connectivity index (χ0n) is 18.3. The van der Waals surface area contributed by atoms with Crippen molar-refractivity contribution in [3.8, 4) is 0 Å². The molecule has 1 aliphatic rings. The zero-order valence-corrected chi connectivity index (χ0v) is 18.3. The molecule has 10 heteroatoms. The van der Waals surface area contributed by atoms with Crippen LogP contribution >= 0.6 is 0 Å². The van der Waals surface area contributed by atoms with E-state index in [-0.39, 0.29) is 30.3 Å². The molecule has 1 saturated carbocycles. The first-order chi connectivity index (χ1) is 16.2. The van der Waals surface area contributed by atoms with Crippen LogP contribution in [0.25, 0.3) is 0 Å². The van der Waals surface area contributed by atoms with Crippen LogP contribution in [0.4, 0.5) is 24.5 Å². The van der Waals surface area contributed by atoms with Crippen molar-refractivity contribution in [1.82, 2.24) is 20.3 Å². The fourth-order valence-corrected chi connectivity index (χ4v) is 3.66. The number of nitrogens with one attached hydrogen (secondary N) is 2. The summed E-state index contributed by atoms with van der Waals surface area (Å²) >= 11 is 0. The number of nitrogens with zero attached hydrogens (tertiary/aromatic N) is 3. The summed E-state index contributed by atoms with van der Waals surface area (Å²) in [5.74, 6) is -0.410. The predicted octanol–water partition coefficient (Wildman–Crippen LogP) is 4.61. The van der Waals surface area contributed by atoms with Gasteiger partial charge < -0.3 is 10.6 Å². The lowest BCUT2D eigenvalue weighted by molar-refractivity contribution is -0.137. The van der Waals surface area contributed by atoms with Gasteiger partial charge >= 0.3 is 6.18 Å². The smallest absolute Gasteiger partial charge is 0.354 e. The van der Waals surface area contributed by atoms with E-state index < -0.39 is 17.2 Å². The van der Waals surface area contributed by atoms with Gasteiger partial charge in [0.2, 0.25) is 5.91 Å². The van der Waals surface area contributed by atoms with E-state index in [0.29, 0.717) is 35.3 Å². The summed E-state index contributed by atoms with van der Waals surface area (Å²) in [5, 5.41) is 5.61. The van der Waals surface area contributed by atoms with Crippen molar-refractivity contribution in [2.75, 3.05) is 5.32 Å². The van der Waals surface area contributed by atoms with E-state index in [1.165, 1.54) is 31.0 Å². The van der Waals surface area contributed by atoms with Crippen LogP contribution < -0.4 is 10.6 Å². The summed E-state index contributed by atoms with van der Waals surface area (Å²) in [4.78, 5) is 37.0. The van der Waals surface area contributed by atoms with Gasteiger partial charge in [-0.2, -0.15) is 13.2 Å². The van der Waals surface area contributed by atoms with E-state index in [1.807, 2.05) is 0 Å². The molecular weight excluding hydrogens is 447 g/mol. The third-order valence-corrected chi connectivity index (χ3v) is 5.82. The maximum Gasteiger partial charge on any atom is 0.418 e. The molecule has 0 unspecified atom stereocenters. The van der Waals surface area contributed by atoms with E-state index in [1.54, 1.807) is 25.1 Å². The number of amides is 1. The highest BCUT2D eigenvalue weighted by Crippen LogP contribution is 2.49. The molecule has 1 aromatic carbocycles. The molecule has 34 heavy (non-hydrogen) atoms. The molecule has 1 amide bonds. The highest BCUT2D eigenvalue weighted by atomic mass is 19.4. The van der Waals surface area contributed by atoms with Gasteiger partial charge in [0.05, 0.1) is 46.4 Å². The molecule has 0 bridgehead atoms. The zero-order chi connectivity index (χ0) is 24.3. The van der Waals surface area contributed by atoms with Gasteiger partial charge in [0.15, 0.2) is 5.78 Å². The number of aryl methyl sites for hydroxylation is 1. The minimum absolute atomic E-state index is 0.0259. The molecule has 0 atom stereocenters. The van der Waals surface area contributed by atoms with Crippen molar-refractivity contribution in [2.45, 2.75) is 38.9 Å². The molecule has 3 aromatic rings. The van der Waals surface area contributed by atoms with Gasteiger partial charge in [-0.15, -0.1) is 0 Å². The van der Waals surface area contributed by atoms with E-state index in [2.05, 4.69) is 25.6 Å². The maximum absolute atomic E-state index is 13.3. The first-order valence-corrected chi connectivity index (χ1v) is 10.6. The van der Waals surface area contributed by atoms with Crippen molar-refractivity contribution in [3.05, 3.63) is 77.6 Å². The highest BCUT2D eigenvalue weighted by molar-refractivity contribution is 6.00. The lowest BCUT2D eigenvalue weighted by Crippen LogP contribution is -2.33. The van der Waals surface area contributed by atoms with Gasteiger partial charge in [0.1, 0.15) is 6.33 Å². The molecular formula is C24H22F3N5O2. The van der Waals surface area contributed by atoms with E-state index in [9.17, 15) is 22.8 Å². The van der Waals surface area contributed by atoms with Crippen molar-refractivity contribution in [1.29, 1.82) is 0 Å². The van der Waals surface area contributed by atoms with Crippen LogP contribution in [0.15, 0.2) is 55.2 Å². The van der Waals surface area contributed by atoms with Crippen LogP contribution in [-0.4, -0.2) is 26.6 Å². The number of hydrogen-bond acceptors (Lipinski definition) is 6. The van der Waals surface area contributed by atoms with E-state index in [0.717, 1.165) is 6.07 Å². The van der Waals surface area contributed by atoms with Crippen LogP contribution in [0.1, 0.15) is 46.4 Å². The number of aromatic nitrogens is 3. The Morgan fingerprint density at radius 2 is 1.79 bits per heavy atom. The standard InChI is InChI=1S/C24H22F3N5O2/c1-15-3-2-4-19(24(25,26)27)21(15)32-18-6-5-17(30-13-18)12-31-22(34)23(7-8-23)9-20(33)16-10-28-14-29-11-16/h2-6,10-11,13-14,32H,7-9,12H2,1H3,(H,31,34). The summed E-state index contributed by atoms with van der Waals surface area (Å²) in [5.41, 5.74) is 0.249. The average Bonchev–Trinajstić information content (AvgIpc) is 3.60. The normalized spacial score (nSPS) is 14.4. The van der Waals surface area contributed by atoms with Gasteiger partial charge in [-0.3, -0.25) is 14.6 Å². The topological polar surface area (TPSA) is 96.9 Å². The van der Waals surface area contributed by atoms with Gasteiger partial charge in [0, 0.05) is 18.8 Å². The van der Waals surface area contributed by atoms with Crippen molar-refractivity contribution in [2.24, 2.45) is 5.41 Å². The molecule has 4 rings (SSSR count). The summed E-state index contributed by atoms with van der Waals surface area (Å²) in [6, 6.07) is 7.21. The number of rotatable bonds is 8. The van der Waals surface area contributed by atoms with Crippen LogP contribution in [0, 0.1) is 12.3 Å².